The monoisotopic (exact) mass is 448 g/mol. The molecule has 1 fully saturated rings. The van der Waals surface area contributed by atoms with E-state index in [1.54, 1.807) is 6.92 Å². The minimum absolute atomic E-state index is 0.117. The van der Waals surface area contributed by atoms with E-state index in [0.29, 0.717) is 24.6 Å². The third kappa shape index (κ3) is 6.22. The highest BCUT2D eigenvalue weighted by molar-refractivity contribution is 7.65. The third-order valence-electron chi connectivity index (χ3n) is 5.67. The normalized spacial score (nSPS) is 26.9. The van der Waals surface area contributed by atoms with E-state index in [1.165, 1.54) is 0 Å². The molecule has 2 unspecified atom stereocenters. The molecule has 158 valence electrons. The van der Waals surface area contributed by atoms with Crippen molar-refractivity contribution >= 4 is 37.3 Å². The number of rotatable bonds is 8. The minimum atomic E-state index is -2.98. The molecule has 1 N–H and O–H groups in total. The highest BCUT2D eigenvalue weighted by Gasteiger charge is 2.67. The second kappa shape index (κ2) is 8.37. The average molecular weight is 449 g/mol. The van der Waals surface area contributed by atoms with Crippen LogP contribution in [0.5, 0.6) is 0 Å². The molecule has 0 aromatic heterocycles. The van der Waals surface area contributed by atoms with E-state index < -0.39 is 31.3 Å². The van der Waals surface area contributed by atoms with Crippen molar-refractivity contribution < 1.29 is 22.9 Å². The van der Waals surface area contributed by atoms with Crippen molar-refractivity contribution in [2.75, 3.05) is 6.61 Å². The molecule has 0 aliphatic carbocycles. The first-order valence-corrected chi connectivity index (χ1v) is 23.0. The molecule has 0 aromatic carbocycles. The van der Waals surface area contributed by atoms with Crippen molar-refractivity contribution in [3.63, 3.8) is 0 Å². The second-order valence-electron chi connectivity index (χ2n) is 10.2. The van der Waals surface area contributed by atoms with Crippen LogP contribution in [0.3, 0.4) is 0 Å². The topological polar surface area (TPSA) is 65.0 Å². The number of carbonyl (C=O) groups excluding carboxylic acids is 1. The van der Waals surface area contributed by atoms with Gasteiger partial charge in [-0.05, 0) is 72.4 Å². The van der Waals surface area contributed by atoms with Crippen LogP contribution < -0.4 is 0 Å². The van der Waals surface area contributed by atoms with Gasteiger partial charge < -0.3 is 18.1 Å². The van der Waals surface area contributed by atoms with Crippen LogP contribution in [0.15, 0.2) is 12.2 Å². The van der Waals surface area contributed by atoms with E-state index in [9.17, 15) is 9.59 Å². The number of hydrogen-bond acceptors (Lipinski definition) is 5. The van der Waals surface area contributed by atoms with Crippen LogP contribution in [0.25, 0.3) is 0 Å². The van der Waals surface area contributed by atoms with Crippen LogP contribution in [0, 0.1) is 0 Å². The van der Waals surface area contributed by atoms with Crippen LogP contribution in [0.1, 0.15) is 33.6 Å². The number of hydrogen-bond donors (Lipinski definition) is 1. The van der Waals surface area contributed by atoms with Gasteiger partial charge in [0.05, 0.1) is 12.2 Å². The Bertz CT molecular complexity index is 573. The Labute approximate surface area is 169 Å². The molecule has 0 saturated carbocycles. The summed E-state index contributed by atoms with van der Waals surface area (Å²) in [5.41, 5.74) is 0.284. The molecule has 5 nitrogen and oxygen atoms in total. The van der Waals surface area contributed by atoms with Crippen LogP contribution >= 0.6 is 0 Å². The largest absolute Gasteiger partial charge is 0.462 e. The highest BCUT2D eigenvalue weighted by atomic mass is 29.7. The maximum atomic E-state index is 12.0. The van der Waals surface area contributed by atoms with E-state index >= 15 is 0 Å². The molecule has 27 heavy (non-hydrogen) atoms. The molecule has 0 radical (unpaired) electrons. The summed E-state index contributed by atoms with van der Waals surface area (Å²) in [6, 6.07) is 1.67. The Kier molecular flexibility index (Phi) is 7.75. The minimum Gasteiger partial charge on any atom is -0.462 e. The summed E-state index contributed by atoms with van der Waals surface area (Å²) in [4.78, 5) is 23.7. The van der Waals surface area contributed by atoms with E-state index in [-0.39, 0.29) is 11.6 Å². The molecule has 0 aromatic rings. The standard InChI is InChI=1S/C18H40O5Si4/c1-16(2)17(19)21-13-11-14-27(20,23-24(5,6)7)26(10)15-12-18(3,4)22-25(26,8)9/h20H,1,11-15H2,2-10H3. The van der Waals surface area contributed by atoms with Gasteiger partial charge in [0, 0.05) is 5.57 Å². The first-order chi connectivity index (χ1) is 11.9. The molecular weight excluding hydrogens is 409 g/mol. The molecule has 1 saturated heterocycles. The van der Waals surface area contributed by atoms with Crippen LogP contribution in [-0.2, 0) is 18.1 Å². The maximum absolute atomic E-state index is 12.0. The van der Waals surface area contributed by atoms with Gasteiger partial charge in [0.25, 0.3) is 0 Å². The van der Waals surface area contributed by atoms with Crippen molar-refractivity contribution in [3.8, 4) is 0 Å². The Morgan fingerprint density at radius 3 is 2.26 bits per heavy atom. The lowest BCUT2D eigenvalue weighted by Gasteiger charge is -2.56. The third-order valence-corrected chi connectivity index (χ3v) is 42.7. The lowest BCUT2D eigenvalue weighted by atomic mass is 10.1. The molecular formula is C18H40O5Si4. The Morgan fingerprint density at radius 2 is 1.81 bits per heavy atom. The van der Waals surface area contributed by atoms with Gasteiger partial charge in [0.2, 0.25) is 0 Å². The summed E-state index contributed by atoms with van der Waals surface area (Å²) in [6.07, 6.45) is 1.60. The quantitative estimate of drug-likeness (QED) is 0.258. The summed E-state index contributed by atoms with van der Waals surface area (Å²) >= 11 is 0. The van der Waals surface area contributed by atoms with Crippen LogP contribution in [0.2, 0.25) is 51.4 Å². The SMILES string of the molecule is C=C(C)C(=O)OCCC[Si](O)(O[Si](C)(C)C)[Si]1(C)CCC(C)(C)O[Si]1(C)C. The zero-order valence-corrected chi connectivity index (χ0v) is 22.8. The summed E-state index contributed by atoms with van der Waals surface area (Å²) < 4.78 is 18.5. The highest BCUT2D eigenvalue weighted by Crippen LogP contribution is 2.45. The van der Waals surface area contributed by atoms with Gasteiger partial charge in [0.15, 0.2) is 16.2 Å². The van der Waals surface area contributed by atoms with Gasteiger partial charge in [-0.3, -0.25) is 0 Å². The molecule has 1 rings (SSSR count). The molecule has 1 heterocycles. The fraction of sp³-hybridized carbons (Fsp3) is 0.833. The maximum Gasteiger partial charge on any atom is 0.333 e. The summed E-state index contributed by atoms with van der Waals surface area (Å²) in [6.45, 7) is 23.2. The van der Waals surface area contributed by atoms with E-state index in [2.05, 4.69) is 59.7 Å². The first kappa shape index (κ1) is 25.0. The van der Waals surface area contributed by atoms with Crippen LogP contribution in [0.4, 0.5) is 0 Å². The van der Waals surface area contributed by atoms with Gasteiger partial charge >= 0.3 is 14.0 Å². The van der Waals surface area contributed by atoms with Crippen molar-refractivity contribution in [1.29, 1.82) is 0 Å². The Hall–Kier alpha value is -0.0425. The van der Waals surface area contributed by atoms with Gasteiger partial charge in [0.1, 0.15) is 7.11 Å². The zero-order chi connectivity index (χ0) is 21.3. The van der Waals surface area contributed by atoms with E-state index in [1.807, 2.05) is 0 Å². The molecule has 1 aliphatic rings. The number of esters is 1. The fourth-order valence-electron chi connectivity index (χ4n) is 3.92. The van der Waals surface area contributed by atoms with Crippen molar-refractivity contribution in [1.82, 2.24) is 0 Å². The van der Waals surface area contributed by atoms with Gasteiger partial charge in [-0.1, -0.05) is 19.2 Å². The molecule has 0 amide bonds. The summed E-state index contributed by atoms with van der Waals surface area (Å²) in [5, 5.41) is 0. The molecule has 0 bridgehead atoms. The average Bonchev–Trinajstić information content (AvgIpc) is 2.44. The number of ether oxygens (including phenoxy) is 1. The molecule has 1 aliphatic heterocycles. The predicted molar refractivity (Wildman–Crippen MR) is 121 cm³/mol. The summed E-state index contributed by atoms with van der Waals surface area (Å²) in [5.74, 6) is -0.368. The van der Waals surface area contributed by atoms with Crippen molar-refractivity contribution in [2.45, 2.75) is 90.6 Å². The smallest absolute Gasteiger partial charge is 0.333 e. The Balaban J connectivity index is 3.05. The first-order valence-electron chi connectivity index (χ1n) is 9.90. The Morgan fingerprint density at radius 1 is 1.26 bits per heavy atom. The lowest BCUT2D eigenvalue weighted by Crippen LogP contribution is -2.80. The molecule has 2 atom stereocenters. The predicted octanol–water partition coefficient (Wildman–Crippen LogP) is 4.42. The zero-order valence-electron chi connectivity index (χ0n) is 18.8. The lowest BCUT2D eigenvalue weighted by molar-refractivity contribution is -0.138. The molecule has 0 spiro atoms. The molecule has 9 heteroatoms. The second-order valence-corrected chi connectivity index (χ2v) is 37.8. The number of carbonyl (C=O) groups is 1. The van der Waals surface area contributed by atoms with Crippen LogP contribution in [-0.4, -0.2) is 54.3 Å². The fourth-order valence-corrected chi connectivity index (χ4v) is 41.7. The van der Waals surface area contributed by atoms with E-state index in [4.69, 9.17) is 13.3 Å². The van der Waals surface area contributed by atoms with Crippen molar-refractivity contribution in [3.05, 3.63) is 12.2 Å². The van der Waals surface area contributed by atoms with Gasteiger partial charge in [-0.25, -0.2) is 4.79 Å². The van der Waals surface area contributed by atoms with Gasteiger partial charge in [-0.2, -0.15) is 0 Å². The summed E-state index contributed by atoms with van der Waals surface area (Å²) in [7, 11) is -9.15. The van der Waals surface area contributed by atoms with Gasteiger partial charge in [-0.15, -0.1) is 0 Å². The van der Waals surface area contributed by atoms with E-state index in [0.717, 1.165) is 12.5 Å². The van der Waals surface area contributed by atoms with Crippen molar-refractivity contribution in [2.24, 2.45) is 0 Å².